The molecule has 0 saturated heterocycles. The second-order valence-electron chi connectivity index (χ2n) is 5.05. The lowest BCUT2D eigenvalue weighted by molar-refractivity contribution is -0.137. The van der Waals surface area contributed by atoms with Gasteiger partial charge in [-0.3, -0.25) is 0 Å². The van der Waals surface area contributed by atoms with Crippen molar-refractivity contribution in [3.63, 3.8) is 0 Å². The van der Waals surface area contributed by atoms with Crippen molar-refractivity contribution in [1.29, 1.82) is 0 Å². The van der Waals surface area contributed by atoms with Gasteiger partial charge in [-0.25, -0.2) is 0 Å². The molecule has 1 aromatic heterocycles. The highest BCUT2D eigenvalue weighted by Crippen LogP contribution is 2.54. The maximum absolute atomic E-state index is 12.7. The third-order valence-electron chi connectivity index (χ3n) is 3.65. The molecule has 0 aromatic carbocycles. The molecule has 6 heteroatoms. The third kappa shape index (κ3) is 2.59. The number of halogens is 5. The summed E-state index contributed by atoms with van der Waals surface area (Å²) in [4.78, 5) is 0.605. The summed E-state index contributed by atoms with van der Waals surface area (Å²) < 4.78 is 38.3. The van der Waals surface area contributed by atoms with E-state index in [-0.39, 0.29) is 15.3 Å². The van der Waals surface area contributed by atoms with Gasteiger partial charge in [0.05, 0.1) is 10.9 Å². The molecule has 0 aliphatic heterocycles. The molecule has 1 aliphatic carbocycles. The Balaban J connectivity index is 2.32. The van der Waals surface area contributed by atoms with E-state index in [0.29, 0.717) is 4.88 Å². The van der Waals surface area contributed by atoms with Crippen molar-refractivity contribution < 1.29 is 13.2 Å². The first kappa shape index (κ1) is 14.7. The zero-order chi connectivity index (χ0) is 13.6. The predicted octanol–water partition coefficient (Wildman–Crippen LogP) is 6.39. The molecule has 0 radical (unpaired) electrons. The fraction of sp³-hybridized carbons (Fsp3) is 0.667. The van der Waals surface area contributed by atoms with Crippen LogP contribution in [0.3, 0.4) is 0 Å². The molecule has 1 unspecified atom stereocenters. The Morgan fingerprint density at radius 1 is 1.39 bits per heavy atom. The molecule has 0 nitrogen and oxygen atoms in total. The van der Waals surface area contributed by atoms with Crippen LogP contribution in [-0.2, 0) is 6.18 Å². The Kier molecular flexibility index (Phi) is 4.06. The molecule has 0 amide bonds. The van der Waals surface area contributed by atoms with E-state index in [1.165, 1.54) is 0 Å². The zero-order valence-electron chi connectivity index (χ0n) is 9.78. The summed E-state index contributed by atoms with van der Waals surface area (Å²) >= 11 is 10.6. The summed E-state index contributed by atoms with van der Waals surface area (Å²) in [7, 11) is 0. The van der Waals surface area contributed by atoms with E-state index < -0.39 is 11.7 Å². The summed E-state index contributed by atoms with van der Waals surface area (Å²) in [5, 5.41) is 0.795. The van der Waals surface area contributed by atoms with E-state index in [2.05, 4.69) is 22.9 Å². The lowest BCUT2D eigenvalue weighted by Crippen LogP contribution is -2.17. The molecule has 0 bridgehead atoms. The van der Waals surface area contributed by atoms with Gasteiger partial charge in [-0.15, -0.1) is 22.9 Å². The number of thiophene rings is 1. The van der Waals surface area contributed by atoms with Gasteiger partial charge >= 0.3 is 6.18 Å². The molecule has 1 atom stereocenters. The minimum Gasteiger partial charge on any atom is -0.166 e. The van der Waals surface area contributed by atoms with Crippen LogP contribution in [0, 0.1) is 5.41 Å². The van der Waals surface area contributed by atoms with E-state index in [4.69, 9.17) is 11.6 Å². The highest BCUT2D eigenvalue weighted by molar-refractivity contribution is 9.10. The topological polar surface area (TPSA) is 0 Å². The smallest absolute Gasteiger partial charge is 0.166 e. The van der Waals surface area contributed by atoms with Crippen molar-refractivity contribution in [3.8, 4) is 0 Å². The van der Waals surface area contributed by atoms with Crippen molar-refractivity contribution in [3.05, 3.63) is 20.3 Å². The molecule has 1 fully saturated rings. The minimum atomic E-state index is -4.32. The second-order valence-corrected chi connectivity index (χ2v) is 7.19. The molecule has 2 rings (SSSR count). The first-order valence-electron chi connectivity index (χ1n) is 5.74. The summed E-state index contributed by atoms with van der Waals surface area (Å²) in [6.07, 6.45) is -0.149. The monoisotopic (exact) mass is 360 g/mol. The molecule has 1 heterocycles. The number of alkyl halides is 4. The van der Waals surface area contributed by atoms with Crippen LogP contribution < -0.4 is 0 Å². The molecular formula is C12H13BrClF3S. The Hall–Kier alpha value is 0.260. The van der Waals surface area contributed by atoms with Crippen molar-refractivity contribution in [2.24, 2.45) is 5.41 Å². The zero-order valence-corrected chi connectivity index (χ0v) is 12.9. The van der Waals surface area contributed by atoms with Crippen LogP contribution in [0.5, 0.6) is 0 Å². The van der Waals surface area contributed by atoms with Gasteiger partial charge in [0.15, 0.2) is 0 Å². The lowest BCUT2D eigenvalue weighted by atomic mass is 9.84. The van der Waals surface area contributed by atoms with Gasteiger partial charge in [-0.2, -0.15) is 13.2 Å². The number of hydrogen-bond acceptors (Lipinski definition) is 1. The number of rotatable bonds is 2. The van der Waals surface area contributed by atoms with Crippen LogP contribution in [0.1, 0.15) is 48.4 Å². The van der Waals surface area contributed by atoms with Crippen LogP contribution in [0.2, 0.25) is 0 Å². The predicted molar refractivity (Wildman–Crippen MR) is 72.2 cm³/mol. The third-order valence-corrected chi connectivity index (χ3v) is 6.69. The first-order chi connectivity index (χ1) is 8.26. The van der Waals surface area contributed by atoms with Gasteiger partial charge in [-0.05, 0) is 34.2 Å². The van der Waals surface area contributed by atoms with Crippen molar-refractivity contribution >= 4 is 38.9 Å². The lowest BCUT2D eigenvalue weighted by Gasteiger charge is -2.29. The largest absolute Gasteiger partial charge is 0.418 e. The van der Waals surface area contributed by atoms with Crippen LogP contribution in [0.25, 0.3) is 0 Å². The molecular weight excluding hydrogens is 349 g/mol. The summed E-state index contributed by atoms with van der Waals surface area (Å²) in [5.41, 5.74) is -0.701. The Labute approximate surface area is 122 Å². The fourth-order valence-electron chi connectivity index (χ4n) is 2.47. The van der Waals surface area contributed by atoms with E-state index in [9.17, 15) is 13.2 Å². The summed E-state index contributed by atoms with van der Waals surface area (Å²) in [6, 6.07) is 0. The molecule has 0 N–H and O–H groups in total. The quantitative estimate of drug-likeness (QED) is 0.535. The highest BCUT2D eigenvalue weighted by Gasteiger charge is 2.41. The fourth-order valence-corrected chi connectivity index (χ4v) is 5.20. The Bertz CT molecular complexity index is 435. The van der Waals surface area contributed by atoms with E-state index in [0.717, 1.165) is 42.4 Å². The van der Waals surface area contributed by atoms with Crippen LogP contribution in [0.4, 0.5) is 13.2 Å². The second kappa shape index (κ2) is 4.98. The molecule has 102 valence electrons. The highest BCUT2D eigenvalue weighted by atomic mass is 79.9. The van der Waals surface area contributed by atoms with Crippen molar-refractivity contribution in [2.75, 3.05) is 0 Å². The van der Waals surface area contributed by atoms with Crippen LogP contribution in [-0.4, -0.2) is 0 Å². The van der Waals surface area contributed by atoms with Gasteiger partial charge in [0.2, 0.25) is 0 Å². The average molecular weight is 362 g/mol. The van der Waals surface area contributed by atoms with E-state index in [1.807, 2.05) is 0 Å². The average Bonchev–Trinajstić information content (AvgIpc) is 2.83. The van der Waals surface area contributed by atoms with Crippen LogP contribution in [0.15, 0.2) is 9.85 Å². The van der Waals surface area contributed by atoms with E-state index in [1.54, 1.807) is 0 Å². The molecule has 0 spiro atoms. The normalized spacial score (nSPS) is 21.2. The van der Waals surface area contributed by atoms with Gasteiger partial charge in [0, 0.05) is 14.7 Å². The van der Waals surface area contributed by atoms with Gasteiger partial charge in [0.1, 0.15) is 0 Å². The maximum Gasteiger partial charge on any atom is 0.418 e. The molecule has 1 aromatic rings. The van der Waals surface area contributed by atoms with Crippen LogP contribution >= 0.6 is 38.9 Å². The summed E-state index contributed by atoms with van der Waals surface area (Å²) in [6.45, 7) is 2.07. The number of hydrogen-bond donors (Lipinski definition) is 0. The molecule has 1 saturated carbocycles. The Morgan fingerprint density at radius 3 is 2.39 bits per heavy atom. The van der Waals surface area contributed by atoms with Gasteiger partial charge in [-0.1, -0.05) is 19.8 Å². The van der Waals surface area contributed by atoms with Crippen molar-refractivity contribution in [1.82, 2.24) is 0 Å². The maximum atomic E-state index is 12.7. The van der Waals surface area contributed by atoms with Crippen molar-refractivity contribution in [2.45, 2.75) is 44.2 Å². The van der Waals surface area contributed by atoms with Gasteiger partial charge in [0.25, 0.3) is 0 Å². The molecule has 18 heavy (non-hydrogen) atoms. The SMILES string of the molecule is CC1(C(Cl)c2scc(C(F)(F)F)c2Br)CCCC1. The van der Waals surface area contributed by atoms with Gasteiger partial charge < -0.3 is 0 Å². The van der Waals surface area contributed by atoms with E-state index >= 15 is 0 Å². The standard InChI is InChI=1S/C12H13BrClF3S/c1-11(4-2-3-5-11)10(14)9-8(13)7(6-18-9)12(15,16)17/h6,10H,2-5H2,1H3. The molecule has 1 aliphatic rings. The first-order valence-corrected chi connectivity index (χ1v) is 7.85. The summed E-state index contributed by atoms with van der Waals surface area (Å²) in [5.74, 6) is 0. The Morgan fingerprint density at radius 2 is 1.94 bits per heavy atom. The minimum absolute atomic E-state index is 0.0855.